The lowest BCUT2D eigenvalue weighted by molar-refractivity contribution is -0.384. The first-order chi connectivity index (χ1) is 12.7. The number of hydrogen-bond acceptors (Lipinski definition) is 5. The number of nitrogens with one attached hydrogen (secondary N) is 1. The van der Waals surface area contributed by atoms with E-state index in [1.165, 1.54) is 34.6 Å². The van der Waals surface area contributed by atoms with Crippen molar-refractivity contribution in [1.29, 1.82) is 0 Å². The predicted octanol–water partition coefficient (Wildman–Crippen LogP) is 3.69. The average Bonchev–Trinajstić information content (AvgIpc) is 2.96. The minimum atomic E-state index is -3.35. The first-order valence-corrected chi connectivity index (χ1v) is 10.1. The zero-order valence-electron chi connectivity index (χ0n) is 13.7. The molecule has 142 valence electrons. The summed E-state index contributed by atoms with van der Waals surface area (Å²) >= 11 is 12.1. The molecule has 1 amide bonds. The molecule has 1 aliphatic rings. The Hall–Kier alpha value is -2.36. The summed E-state index contributed by atoms with van der Waals surface area (Å²) in [6.07, 6.45) is 0.531. The van der Waals surface area contributed by atoms with Gasteiger partial charge in [0.15, 0.2) is 0 Å². The van der Waals surface area contributed by atoms with Crippen LogP contribution in [-0.4, -0.2) is 31.5 Å². The van der Waals surface area contributed by atoms with Crippen molar-refractivity contribution < 1.29 is 18.1 Å². The standard InChI is InChI=1S/C16H13Cl2N3O5S/c17-13-4-2-11(21(23)24)8-12(13)16(22)19-15-5-3-10(9-14(15)18)20-6-1-7-27(20,25)26/h2-5,8-9H,1,6-7H2,(H,19,22). The molecule has 1 N–H and O–H groups in total. The summed E-state index contributed by atoms with van der Waals surface area (Å²) in [6, 6.07) is 7.95. The molecule has 0 spiro atoms. The molecule has 3 rings (SSSR count). The molecule has 2 aromatic carbocycles. The number of nitrogens with zero attached hydrogens (tertiary/aromatic N) is 2. The molecule has 1 saturated heterocycles. The lowest BCUT2D eigenvalue weighted by Gasteiger charge is -2.18. The highest BCUT2D eigenvalue weighted by Crippen LogP contribution is 2.32. The molecule has 0 saturated carbocycles. The van der Waals surface area contributed by atoms with Crippen LogP contribution in [0.25, 0.3) is 0 Å². The third-order valence-electron chi connectivity index (χ3n) is 3.99. The van der Waals surface area contributed by atoms with E-state index < -0.39 is 20.9 Å². The van der Waals surface area contributed by atoms with Crippen molar-refractivity contribution in [1.82, 2.24) is 0 Å². The highest BCUT2D eigenvalue weighted by molar-refractivity contribution is 7.93. The topological polar surface area (TPSA) is 110 Å². The molecule has 0 aromatic heterocycles. The highest BCUT2D eigenvalue weighted by Gasteiger charge is 2.28. The number of sulfonamides is 1. The Kier molecular flexibility index (Phi) is 5.27. The average molecular weight is 430 g/mol. The first-order valence-electron chi connectivity index (χ1n) is 7.74. The SMILES string of the molecule is O=C(Nc1ccc(N2CCCS2(=O)=O)cc1Cl)c1cc([N+](=O)[O-])ccc1Cl. The highest BCUT2D eigenvalue weighted by atomic mass is 35.5. The fraction of sp³-hybridized carbons (Fsp3) is 0.188. The van der Waals surface area contributed by atoms with Crippen LogP contribution in [0.5, 0.6) is 0 Å². The van der Waals surface area contributed by atoms with Gasteiger partial charge in [-0.2, -0.15) is 0 Å². The number of hydrogen-bond donors (Lipinski definition) is 1. The van der Waals surface area contributed by atoms with E-state index in [1.807, 2.05) is 0 Å². The molecule has 0 atom stereocenters. The Morgan fingerprint density at radius 3 is 2.48 bits per heavy atom. The number of rotatable bonds is 4. The van der Waals surface area contributed by atoms with E-state index in [0.29, 0.717) is 18.7 Å². The summed E-state index contributed by atoms with van der Waals surface area (Å²) in [5.74, 6) is -0.596. The summed E-state index contributed by atoms with van der Waals surface area (Å²) in [5.41, 5.74) is 0.284. The molecule has 0 radical (unpaired) electrons. The number of non-ortho nitro benzene ring substituents is 1. The number of halogens is 2. The van der Waals surface area contributed by atoms with E-state index in [1.54, 1.807) is 0 Å². The number of nitro groups is 1. The van der Waals surface area contributed by atoms with Gasteiger partial charge in [-0.1, -0.05) is 23.2 Å². The Labute approximate surface area is 164 Å². The van der Waals surface area contributed by atoms with Gasteiger partial charge in [0.05, 0.1) is 37.7 Å². The molecule has 0 unspecified atom stereocenters. The molecule has 11 heteroatoms. The smallest absolute Gasteiger partial charge is 0.270 e. The molecule has 1 heterocycles. The number of carbonyl (C=O) groups is 1. The fourth-order valence-corrected chi connectivity index (χ4v) is 4.66. The van der Waals surface area contributed by atoms with Gasteiger partial charge >= 0.3 is 0 Å². The lowest BCUT2D eigenvalue weighted by Crippen LogP contribution is -2.25. The molecular weight excluding hydrogens is 417 g/mol. The molecule has 1 fully saturated rings. The summed E-state index contributed by atoms with van der Waals surface area (Å²) in [7, 11) is -3.35. The maximum absolute atomic E-state index is 12.4. The van der Waals surface area contributed by atoms with Gasteiger partial charge in [-0.15, -0.1) is 0 Å². The van der Waals surface area contributed by atoms with Gasteiger partial charge in [0.2, 0.25) is 10.0 Å². The van der Waals surface area contributed by atoms with E-state index in [9.17, 15) is 23.3 Å². The molecule has 0 bridgehead atoms. The third kappa shape index (κ3) is 4.00. The minimum Gasteiger partial charge on any atom is -0.321 e. The fourth-order valence-electron chi connectivity index (χ4n) is 2.68. The van der Waals surface area contributed by atoms with Crippen LogP contribution in [0.1, 0.15) is 16.8 Å². The van der Waals surface area contributed by atoms with Crippen LogP contribution < -0.4 is 9.62 Å². The zero-order chi connectivity index (χ0) is 19.8. The Morgan fingerprint density at radius 1 is 1.15 bits per heavy atom. The summed E-state index contributed by atoms with van der Waals surface area (Å²) < 4.78 is 25.2. The number of benzene rings is 2. The number of anilines is 2. The zero-order valence-corrected chi connectivity index (χ0v) is 16.0. The minimum absolute atomic E-state index is 0.0500. The monoisotopic (exact) mass is 429 g/mol. The van der Waals surface area contributed by atoms with Crippen LogP contribution in [0.15, 0.2) is 36.4 Å². The van der Waals surface area contributed by atoms with Crippen molar-refractivity contribution in [2.45, 2.75) is 6.42 Å². The molecule has 0 aliphatic carbocycles. The van der Waals surface area contributed by atoms with Gasteiger partial charge in [0, 0.05) is 18.7 Å². The van der Waals surface area contributed by atoms with Crippen molar-refractivity contribution >= 4 is 56.2 Å². The number of carbonyl (C=O) groups excluding carboxylic acids is 1. The molecule has 2 aromatic rings. The normalized spacial score (nSPS) is 15.6. The predicted molar refractivity (Wildman–Crippen MR) is 103 cm³/mol. The molecule has 27 heavy (non-hydrogen) atoms. The Bertz CT molecular complexity index is 1040. The molecule has 8 nitrogen and oxygen atoms in total. The van der Waals surface area contributed by atoms with E-state index in [4.69, 9.17) is 23.2 Å². The van der Waals surface area contributed by atoms with Gasteiger partial charge in [-0.25, -0.2) is 8.42 Å². The number of amides is 1. The van der Waals surface area contributed by atoms with E-state index in [0.717, 1.165) is 6.07 Å². The van der Waals surface area contributed by atoms with Crippen molar-refractivity contribution in [2.75, 3.05) is 21.9 Å². The largest absolute Gasteiger partial charge is 0.321 e. The summed E-state index contributed by atoms with van der Waals surface area (Å²) in [4.78, 5) is 22.7. The lowest BCUT2D eigenvalue weighted by atomic mass is 10.1. The number of nitro benzene ring substituents is 1. The molecule has 1 aliphatic heterocycles. The second kappa shape index (κ2) is 7.34. The van der Waals surface area contributed by atoms with Crippen molar-refractivity contribution in [3.63, 3.8) is 0 Å². The summed E-state index contributed by atoms with van der Waals surface area (Å²) in [6.45, 7) is 0.369. The summed E-state index contributed by atoms with van der Waals surface area (Å²) in [5, 5.41) is 13.6. The second-order valence-electron chi connectivity index (χ2n) is 5.78. The van der Waals surface area contributed by atoms with Gasteiger partial charge in [-0.05, 0) is 30.7 Å². The van der Waals surface area contributed by atoms with E-state index >= 15 is 0 Å². The van der Waals surface area contributed by atoms with Gasteiger partial charge in [0.1, 0.15) is 0 Å². The van der Waals surface area contributed by atoms with Crippen molar-refractivity contribution in [3.05, 3.63) is 62.1 Å². The quantitative estimate of drug-likeness (QED) is 0.588. The maximum atomic E-state index is 12.4. The Morgan fingerprint density at radius 2 is 1.89 bits per heavy atom. The van der Waals surface area contributed by atoms with Crippen LogP contribution in [0.4, 0.5) is 17.1 Å². The van der Waals surface area contributed by atoms with Gasteiger partial charge in [-0.3, -0.25) is 19.2 Å². The Balaban J connectivity index is 1.85. The van der Waals surface area contributed by atoms with Crippen LogP contribution in [0, 0.1) is 10.1 Å². The van der Waals surface area contributed by atoms with E-state index in [2.05, 4.69) is 5.32 Å². The van der Waals surface area contributed by atoms with Crippen LogP contribution in [0.3, 0.4) is 0 Å². The van der Waals surface area contributed by atoms with Gasteiger partial charge < -0.3 is 5.32 Å². The van der Waals surface area contributed by atoms with Crippen LogP contribution in [0.2, 0.25) is 10.0 Å². The van der Waals surface area contributed by atoms with Crippen molar-refractivity contribution in [2.24, 2.45) is 0 Å². The first kappa shape index (κ1) is 19.4. The second-order valence-corrected chi connectivity index (χ2v) is 8.61. The molecular formula is C16H13Cl2N3O5S. The third-order valence-corrected chi connectivity index (χ3v) is 6.51. The van der Waals surface area contributed by atoms with Crippen LogP contribution >= 0.6 is 23.2 Å². The van der Waals surface area contributed by atoms with Gasteiger partial charge in [0.25, 0.3) is 11.6 Å². The maximum Gasteiger partial charge on any atom is 0.270 e. The van der Waals surface area contributed by atoms with Crippen LogP contribution in [-0.2, 0) is 10.0 Å². The van der Waals surface area contributed by atoms with Crippen molar-refractivity contribution in [3.8, 4) is 0 Å². The van der Waals surface area contributed by atoms with E-state index in [-0.39, 0.29) is 32.7 Å².